The minimum Gasteiger partial charge on any atom is -0.496 e. The molecule has 0 spiro atoms. The van der Waals surface area contributed by atoms with Crippen molar-refractivity contribution >= 4 is 29.2 Å². The van der Waals surface area contributed by atoms with Crippen molar-refractivity contribution in [1.82, 2.24) is 0 Å². The van der Waals surface area contributed by atoms with E-state index in [4.69, 9.17) is 18.9 Å². The molecule has 0 aliphatic carbocycles. The molecule has 0 radical (unpaired) electrons. The second kappa shape index (κ2) is 10.1. The van der Waals surface area contributed by atoms with Gasteiger partial charge in [0.2, 0.25) is 5.91 Å². The minimum atomic E-state index is -1.08. The topological polar surface area (TPSA) is 112 Å². The number of carbonyl (C=O) groups is 3. The van der Waals surface area contributed by atoms with Crippen molar-refractivity contribution in [2.45, 2.75) is 20.0 Å². The first-order chi connectivity index (χ1) is 14.3. The fraction of sp³-hybridized carbons (Fsp3) is 0.286. The van der Waals surface area contributed by atoms with E-state index in [-0.39, 0.29) is 17.2 Å². The third-order valence-corrected chi connectivity index (χ3v) is 4.05. The van der Waals surface area contributed by atoms with Crippen molar-refractivity contribution in [3.63, 3.8) is 0 Å². The summed E-state index contributed by atoms with van der Waals surface area (Å²) < 4.78 is 20.9. The molecule has 0 bridgehead atoms. The largest absolute Gasteiger partial charge is 0.496 e. The molecule has 0 aliphatic rings. The monoisotopic (exact) mass is 416 g/mol. The normalized spacial score (nSPS) is 11.1. The van der Waals surface area contributed by atoms with Gasteiger partial charge in [0, 0.05) is 30.4 Å². The number of methoxy groups -OCH3 is 3. The van der Waals surface area contributed by atoms with Crippen LogP contribution in [0.1, 0.15) is 24.2 Å². The number of amides is 2. The Labute approximate surface area is 174 Å². The zero-order valence-corrected chi connectivity index (χ0v) is 17.4. The Morgan fingerprint density at radius 1 is 0.800 bits per heavy atom. The second-order valence-corrected chi connectivity index (χ2v) is 6.20. The van der Waals surface area contributed by atoms with E-state index < -0.39 is 18.0 Å². The van der Waals surface area contributed by atoms with Gasteiger partial charge in [0.05, 0.1) is 21.3 Å². The van der Waals surface area contributed by atoms with Crippen molar-refractivity contribution in [2.75, 3.05) is 32.0 Å². The molecule has 2 amide bonds. The van der Waals surface area contributed by atoms with Crippen LogP contribution in [0.25, 0.3) is 0 Å². The molecule has 0 saturated carbocycles. The summed E-state index contributed by atoms with van der Waals surface area (Å²) in [4.78, 5) is 36.0. The van der Waals surface area contributed by atoms with Crippen LogP contribution in [0.15, 0.2) is 36.4 Å². The van der Waals surface area contributed by atoms with Gasteiger partial charge in [-0.3, -0.25) is 9.59 Å². The first kappa shape index (κ1) is 22.5. The number of ether oxygens (including phenoxy) is 4. The Hall–Kier alpha value is -3.75. The molecular weight excluding hydrogens is 392 g/mol. The van der Waals surface area contributed by atoms with Crippen molar-refractivity contribution < 1.29 is 33.3 Å². The number of benzene rings is 2. The molecule has 2 aromatic rings. The lowest BCUT2D eigenvalue weighted by Gasteiger charge is -2.16. The van der Waals surface area contributed by atoms with Crippen molar-refractivity contribution in [2.24, 2.45) is 0 Å². The average Bonchev–Trinajstić information content (AvgIpc) is 2.73. The summed E-state index contributed by atoms with van der Waals surface area (Å²) >= 11 is 0. The van der Waals surface area contributed by atoms with Gasteiger partial charge in [-0.25, -0.2) is 4.79 Å². The SMILES string of the molecule is COc1cc(OC)c(C(=O)OC(C)C(=O)Nc2ccc(NC(C)=O)cc2)cc1OC. The zero-order chi connectivity index (χ0) is 22.3. The van der Waals surface area contributed by atoms with E-state index in [1.165, 1.54) is 47.3 Å². The second-order valence-electron chi connectivity index (χ2n) is 6.20. The van der Waals surface area contributed by atoms with Crippen LogP contribution >= 0.6 is 0 Å². The van der Waals surface area contributed by atoms with Gasteiger partial charge in [-0.2, -0.15) is 0 Å². The number of anilines is 2. The third kappa shape index (κ3) is 5.63. The van der Waals surface area contributed by atoms with E-state index in [0.29, 0.717) is 22.9 Å². The highest BCUT2D eigenvalue weighted by atomic mass is 16.6. The summed E-state index contributed by atoms with van der Waals surface area (Å²) in [6, 6.07) is 9.44. The lowest BCUT2D eigenvalue weighted by molar-refractivity contribution is -0.123. The van der Waals surface area contributed by atoms with Gasteiger partial charge in [-0.15, -0.1) is 0 Å². The van der Waals surface area contributed by atoms with E-state index >= 15 is 0 Å². The number of esters is 1. The van der Waals surface area contributed by atoms with Gasteiger partial charge < -0.3 is 29.6 Å². The summed E-state index contributed by atoms with van der Waals surface area (Å²) in [7, 11) is 4.30. The van der Waals surface area contributed by atoms with Gasteiger partial charge >= 0.3 is 5.97 Å². The molecule has 1 unspecified atom stereocenters. The summed E-state index contributed by atoms with van der Waals surface area (Å²) in [6.45, 7) is 2.85. The predicted octanol–water partition coefficient (Wildman–Crippen LogP) is 2.85. The predicted molar refractivity (Wildman–Crippen MR) is 110 cm³/mol. The van der Waals surface area contributed by atoms with Gasteiger partial charge in [-0.05, 0) is 31.2 Å². The molecule has 1 atom stereocenters. The summed E-state index contributed by atoms with van der Waals surface area (Å²) in [5.74, 6) is -0.538. The first-order valence-electron chi connectivity index (χ1n) is 8.98. The maximum atomic E-state index is 12.6. The quantitative estimate of drug-likeness (QED) is 0.636. The van der Waals surface area contributed by atoms with Crippen LogP contribution < -0.4 is 24.8 Å². The molecule has 0 aliphatic heterocycles. The zero-order valence-electron chi connectivity index (χ0n) is 17.4. The molecule has 160 valence electrons. The fourth-order valence-electron chi connectivity index (χ4n) is 2.55. The third-order valence-electron chi connectivity index (χ3n) is 4.05. The first-order valence-corrected chi connectivity index (χ1v) is 8.98. The Morgan fingerprint density at radius 2 is 1.30 bits per heavy atom. The molecule has 0 saturated heterocycles. The Bertz CT molecular complexity index is 926. The van der Waals surface area contributed by atoms with Crippen molar-refractivity contribution in [3.8, 4) is 17.2 Å². The fourth-order valence-corrected chi connectivity index (χ4v) is 2.55. The van der Waals surface area contributed by atoms with E-state index in [9.17, 15) is 14.4 Å². The highest BCUT2D eigenvalue weighted by Gasteiger charge is 2.23. The van der Waals surface area contributed by atoms with Gasteiger partial charge in [0.1, 0.15) is 11.3 Å². The Kier molecular flexibility index (Phi) is 7.62. The van der Waals surface area contributed by atoms with Crippen molar-refractivity contribution in [1.29, 1.82) is 0 Å². The molecule has 2 aromatic carbocycles. The maximum Gasteiger partial charge on any atom is 0.342 e. The Morgan fingerprint density at radius 3 is 1.80 bits per heavy atom. The number of rotatable bonds is 8. The lowest BCUT2D eigenvalue weighted by Crippen LogP contribution is -2.30. The van der Waals surface area contributed by atoms with Crippen LogP contribution in [0.4, 0.5) is 11.4 Å². The van der Waals surface area contributed by atoms with E-state index in [1.54, 1.807) is 24.3 Å². The standard InChI is InChI=1S/C21H24N2O7/c1-12(20(25)23-15-8-6-14(7-9-15)22-13(2)24)30-21(26)16-10-18(28-4)19(29-5)11-17(16)27-3/h6-12H,1-5H3,(H,22,24)(H,23,25). The number of carbonyl (C=O) groups excluding carboxylic acids is 3. The summed E-state index contributed by atoms with van der Waals surface area (Å²) in [5.41, 5.74) is 1.18. The van der Waals surface area contributed by atoms with E-state index in [2.05, 4.69) is 10.6 Å². The highest BCUT2D eigenvalue weighted by Crippen LogP contribution is 2.35. The molecule has 0 heterocycles. The smallest absolute Gasteiger partial charge is 0.342 e. The molecule has 30 heavy (non-hydrogen) atoms. The molecular formula is C21H24N2O7. The average molecular weight is 416 g/mol. The van der Waals surface area contributed by atoms with E-state index in [0.717, 1.165) is 0 Å². The van der Waals surface area contributed by atoms with Gasteiger partial charge in [0.25, 0.3) is 5.91 Å². The van der Waals surface area contributed by atoms with Crippen molar-refractivity contribution in [3.05, 3.63) is 42.0 Å². The van der Waals surface area contributed by atoms with E-state index in [1.807, 2.05) is 0 Å². The number of hydrogen-bond acceptors (Lipinski definition) is 7. The molecule has 2 rings (SSSR count). The van der Waals surface area contributed by atoms with Crippen LogP contribution in [-0.2, 0) is 14.3 Å². The highest BCUT2D eigenvalue weighted by molar-refractivity contribution is 5.99. The molecule has 2 N–H and O–H groups in total. The van der Waals surface area contributed by atoms with Gasteiger partial charge in [0.15, 0.2) is 17.6 Å². The minimum absolute atomic E-state index is 0.0921. The summed E-state index contributed by atoms with van der Waals surface area (Å²) in [5, 5.41) is 5.27. The maximum absolute atomic E-state index is 12.6. The number of hydrogen-bond donors (Lipinski definition) is 2. The Balaban J connectivity index is 2.08. The van der Waals surface area contributed by atoms with Crippen LogP contribution in [0.5, 0.6) is 17.2 Å². The van der Waals surface area contributed by atoms with Crippen LogP contribution in [0, 0.1) is 0 Å². The molecule has 9 heteroatoms. The van der Waals surface area contributed by atoms with Crippen LogP contribution in [-0.4, -0.2) is 45.2 Å². The lowest BCUT2D eigenvalue weighted by atomic mass is 10.1. The molecule has 9 nitrogen and oxygen atoms in total. The van der Waals surface area contributed by atoms with Gasteiger partial charge in [-0.1, -0.05) is 0 Å². The molecule has 0 fully saturated rings. The summed E-state index contributed by atoms with van der Waals surface area (Å²) in [6.07, 6.45) is -1.08. The van der Waals surface area contributed by atoms with Crippen LogP contribution in [0.3, 0.4) is 0 Å². The molecule has 0 aromatic heterocycles. The number of nitrogens with one attached hydrogen (secondary N) is 2. The van der Waals surface area contributed by atoms with Crippen LogP contribution in [0.2, 0.25) is 0 Å².